The van der Waals surface area contributed by atoms with Crippen LogP contribution in [0.1, 0.15) is 24.9 Å². The van der Waals surface area contributed by atoms with Crippen molar-refractivity contribution in [1.82, 2.24) is 15.1 Å². The van der Waals surface area contributed by atoms with E-state index in [9.17, 15) is 18.7 Å². The Balaban J connectivity index is 1.57. The standard InChI is InChI=1S/C17H23F2N3O2/c1-11(14-3-2-12(18)8-15(14)19)21-4-6-22(7-5-21)17(24)16-9-13(23)10-20-16/h2-3,8,11,13,16,20,23H,4-7,9-10H2,1H3. The molecule has 2 saturated heterocycles. The van der Waals surface area contributed by atoms with Crippen molar-refractivity contribution < 1.29 is 18.7 Å². The van der Waals surface area contributed by atoms with E-state index < -0.39 is 17.7 Å². The van der Waals surface area contributed by atoms with Gasteiger partial charge in [-0.3, -0.25) is 9.69 Å². The summed E-state index contributed by atoms with van der Waals surface area (Å²) in [4.78, 5) is 16.3. The number of nitrogens with one attached hydrogen (secondary N) is 1. The fourth-order valence-corrected chi connectivity index (χ4v) is 3.49. The minimum Gasteiger partial charge on any atom is -0.392 e. The van der Waals surface area contributed by atoms with E-state index in [0.717, 1.165) is 6.07 Å². The molecule has 3 rings (SSSR count). The highest BCUT2D eigenvalue weighted by atomic mass is 19.1. The molecule has 5 nitrogen and oxygen atoms in total. The number of carbonyl (C=O) groups excluding carboxylic acids is 1. The molecular formula is C17H23F2N3O2. The topological polar surface area (TPSA) is 55.8 Å². The number of hydrogen-bond acceptors (Lipinski definition) is 4. The number of hydrogen-bond donors (Lipinski definition) is 2. The number of benzene rings is 1. The summed E-state index contributed by atoms with van der Waals surface area (Å²) in [6.07, 6.45) is -0.00214. The van der Waals surface area contributed by atoms with Crippen molar-refractivity contribution >= 4 is 5.91 Å². The average molecular weight is 339 g/mol. The zero-order chi connectivity index (χ0) is 17.3. The van der Waals surface area contributed by atoms with Gasteiger partial charge in [-0.2, -0.15) is 0 Å². The van der Waals surface area contributed by atoms with Gasteiger partial charge in [0.15, 0.2) is 0 Å². The second kappa shape index (κ2) is 7.13. The van der Waals surface area contributed by atoms with Gasteiger partial charge < -0.3 is 15.3 Å². The van der Waals surface area contributed by atoms with Crippen LogP contribution in [0.2, 0.25) is 0 Å². The first-order valence-corrected chi connectivity index (χ1v) is 8.35. The van der Waals surface area contributed by atoms with Crippen molar-refractivity contribution in [2.75, 3.05) is 32.7 Å². The molecule has 2 heterocycles. The van der Waals surface area contributed by atoms with Crippen molar-refractivity contribution in [3.63, 3.8) is 0 Å². The average Bonchev–Trinajstić information content (AvgIpc) is 3.00. The summed E-state index contributed by atoms with van der Waals surface area (Å²) < 4.78 is 27.0. The Morgan fingerprint density at radius 3 is 2.58 bits per heavy atom. The Kier molecular flexibility index (Phi) is 5.12. The van der Waals surface area contributed by atoms with Crippen LogP contribution >= 0.6 is 0 Å². The van der Waals surface area contributed by atoms with Crippen molar-refractivity contribution in [1.29, 1.82) is 0 Å². The monoisotopic (exact) mass is 339 g/mol. The summed E-state index contributed by atoms with van der Waals surface area (Å²) in [5.41, 5.74) is 0.469. The number of nitrogens with zero attached hydrogens (tertiary/aromatic N) is 2. The summed E-state index contributed by atoms with van der Waals surface area (Å²) in [5.74, 6) is -1.10. The summed E-state index contributed by atoms with van der Waals surface area (Å²) in [6.45, 7) is 4.76. The third-order valence-corrected chi connectivity index (χ3v) is 4.99. The van der Waals surface area contributed by atoms with Crippen molar-refractivity contribution in [3.05, 3.63) is 35.4 Å². The van der Waals surface area contributed by atoms with Gasteiger partial charge in [-0.15, -0.1) is 0 Å². The van der Waals surface area contributed by atoms with Crippen molar-refractivity contribution in [2.45, 2.75) is 31.5 Å². The van der Waals surface area contributed by atoms with E-state index in [2.05, 4.69) is 10.2 Å². The molecule has 3 unspecified atom stereocenters. The van der Waals surface area contributed by atoms with E-state index >= 15 is 0 Å². The maximum absolute atomic E-state index is 13.9. The number of aliphatic hydroxyl groups excluding tert-OH is 1. The number of β-amino-alcohol motifs (C(OH)–C–C–N with tert-alkyl or cyclic N) is 1. The minimum absolute atomic E-state index is 0.0202. The summed E-state index contributed by atoms with van der Waals surface area (Å²) in [5, 5.41) is 12.6. The Bertz CT molecular complexity index is 605. The van der Waals surface area contributed by atoms with Gasteiger partial charge in [0.25, 0.3) is 0 Å². The summed E-state index contributed by atoms with van der Waals surface area (Å²) >= 11 is 0. The molecule has 1 aromatic rings. The number of amides is 1. The number of piperazine rings is 1. The number of halogens is 2. The second-order valence-electron chi connectivity index (χ2n) is 6.55. The molecule has 0 saturated carbocycles. The maximum atomic E-state index is 13.9. The zero-order valence-electron chi connectivity index (χ0n) is 13.7. The van der Waals surface area contributed by atoms with Crippen LogP contribution in [0.4, 0.5) is 8.78 Å². The van der Waals surface area contributed by atoms with Gasteiger partial charge in [0.1, 0.15) is 11.6 Å². The second-order valence-corrected chi connectivity index (χ2v) is 6.55. The van der Waals surface area contributed by atoms with Gasteiger partial charge in [0, 0.05) is 50.4 Å². The predicted octanol–water partition coefficient (Wildman–Crippen LogP) is 0.893. The molecule has 2 aliphatic heterocycles. The van der Waals surface area contributed by atoms with Crippen LogP contribution in [-0.2, 0) is 4.79 Å². The van der Waals surface area contributed by atoms with Crippen LogP contribution in [0.15, 0.2) is 18.2 Å². The molecule has 0 spiro atoms. The molecule has 2 N–H and O–H groups in total. The normalized spacial score (nSPS) is 26.6. The molecule has 1 aromatic carbocycles. The largest absolute Gasteiger partial charge is 0.392 e. The predicted molar refractivity (Wildman–Crippen MR) is 85.3 cm³/mol. The number of aliphatic hydroxyl groups is 1. The smallest absolute Gasteiger partial charge is 0.239 e. The lowest BCUT2D eigenvalue weighted by Gasteiger charge is -2.39. The molecule has 1 amide bonds. The third-order valence-electron chi connectivity index (χ3n) is 4.99. The van der Waals surface area contributed by atoms with E-state index in [-0.39, 0.29) is 18.0 Å². The fourth-order valence-electron chi connectivity index (χ4n) is 3.49. The Labute approximate surface area is 140 Å². The van der Waals surface area contributed by atoms with Gasteiger partial charge >= 0.3 is 0 Å². The lowest BCUT2D eigenvalue weighted by molar-refractivity contribution is -0.135. The van der Waals surface area contributed by atoms with Crippen LogP contribution < -0.4 is 5.32 Å². The number of rotatable bonds is 3. The highest BCUT2D eigenvalue weighted by Gasteiger charge is 2.33. The molecule has 7 heteroatoms. The molecule has 132 valence electrons. The van der Waals surface area contributed by atoms with Crippen LogP contribution in [0.25, 0.3) is 0 Å². The first-order chi connectivity index (χ1) is 11.5. The molecule has 3 atom stereocenters. The van der Waals surface area contributed by atoms with Gasteiger partial charge in [-0.1, -0.05) is 6.07 Å². The van der Waals surface area contributed by atoms with Crippen molar-refractivity contribution in [3.8, 4) is 0 Å². The molecule has 0 radical (unpaired) electrons. The zero-order valence-corrected chi connectivity index (χ0v) is 13.7. The highest BCUT2D eigenvalue weighted by molar-refractivity contribution is 5.82. The molecular weight excluding hydrogens is 316 g/mol. The minimum atomic E-state index is -0.579. The van der Waals surface area contributed by atoms with Crippen LogP contribution in [-0.4, -0.2) is 65.7 Å². The summed E-state index contributed by atoms with van der Waals surface area (Å²) in [7, 11) is 0. The highest BCUT2D eigenvalue weighted by Crippen LogP contribution is 2.25. The molecule has 24 heavy (non-hydrogen) atoms. The van der Waals surface area contributed by atoms with E-state index in [1.54, 1.807) is 4.90 Å². The summed E-state index contributed by atoms with van der Waals surface area (Å²) in [6, 6.07) is 3.18. The van der Waals surface area contributed by atoms with E-state index in [1.165, 1.54) is 12.1 Å². The van der Waals surface area contributed by atoms with Crippen LogP contribution in [0.5, 0.6) is 0 Å². The fraction of sp³-hybridized carbons (Fsp3) is 0.588. The molecule has 0 aromatic heterocycles. The lowest BCUT2D eigenvalue weighted by Crippen LogP contribution is -2.53. The van der Waals surface area contributed by atoms with E-state index in [0.29, 0.717) is 44.7 Å². The first-order valence-electron chi connectivity index (χ1n) is 8.35. The maximum Gasteiger partial charge on any atom is 0.239 e. The van der Waals surface area contributed by atoms with E-state index in [4.69, 9.17) is 0 Å². The SMILES string of the molecule is CC(c1ccc(F)cc1F)N1CCN(C(=O)C2CC(O)CN2)CC1. The Morgan fingerprint density at radius 1 is 1.29 bits per heavy atom. The van der Waals surface area contributed by atoms with Gasteiger partial charge in [0.2, 0.25) is 5.91 Å². The third kappa shape index (κ3) is 3.58. The van der Waals surface area contributed by atoms with Crippen LogP contribution in [0, 0.1) is 11.6 Å². The Hall–Kier alpha value is -1.57. The van der Waals surface area contributed by atoms with E-state index in [1.807, 2.05) is 6.92 Å². The quantitative estimate of drug-likeness (QED) is 0.859. The number of carbonyl (C=O) groups is 1. The molecule has 0 bridgehead atoms. The van der Waals surface area contributed by atoms with Crippen LogP contribution in [0.3, 0.4) is 0 Å². The molecule has 2 aliphatic rings. The lowest BCUT2D eigenvalue weighted by atomic mass is 10.0. The van der Waals surface area contributed by atoms with Crippen molar-refractivity contribution in [2.24, 2.45) is 0 Å². The van der Waals surface area contributed by atoms with Gasteiger partial charge in [0.05, 0.1) is 12.1 Å². The molecule has 0 aliphatic carbocycles. The van der Waals surface area contributed by atoms with Gasteiger partial charge in [-0.25, -0.2) is 8.78 Å². The molecule has 2 fully saturated rings. The first kappa shape index (κ1) is 17.3. The Morgan fingerprint density at radius 2 is 2.00 bits per heavy atom. The van der Waals surface area contributed by atoms with Gasteiger partial charge in [-0.05, 0) is 19.4 Å².